The van der Waals surface area contributed by atoms with Gasteiger partial charge in [-0.25, -0.2) is 19.9 Å². The first-order valence-corrected chi connectivity index (χ1v) is 18.3. The molecule has 10 aromatic rings. The average molecular weight is 693 g/mol. The van der Waals surface area contributed by atoms with Gasteiger partial charge in [-0.15, -0.1) is 0 Å². The third kappa shape index (κ3) is 4.58. The summed E-state index contributed by atoms with van der Waals surface area (Å²) >= 11 is 0. The Morgan fingerprint density at radius 3 is 1.89 bits per heavy atom. The monoisotopic (exact) mass is 692 g/mol. The molecule has 1 aliphatic carbocycles. The molecule has 54 heavy (non-hydrogen) atoms. The van der Waals surface area contributed by atoms with Crippen LogP contribution in [0.25, 0.3) is 100 Å². The van der Waals surface area contributed by atoms with Crippen LogP contribution in [0.15, 0.2) is 162 Å². The number of rotatable bonds is 4. The summed E-state index contributed by atoms with van der Waals surface area (Å²) < 4.78 is 6.48. The number of fused-ring (bicyclic) bond motifs is 10. The lowest BCUT2D eigenvalue weighted by Gasteiger charge is -2.21. The van der Waals surface area contributed by atoms with E-state index < -0.39 is 0 Å². The van der Waals surface area contributed by atoms with Gasteiger partial charge in [0.15, 0.2) is 23.1 Å². The molecule has 0 amide bonds. The van der Waals surface area contributed by atoms with Gasteiger partial charge in [0.2, 0.25) is 5.89 Å². The minimum Gasteiger partial charge on any atom is -0.435 e. The largest absolute Gasteiger partial charge is 0.435 e. The van der Waals surface area contributed by atoms with E-state index in [1.165, 1.54) is 22.3 Å². The van der Waals surface area contributed by atoms with Crippen LogP contribution >= 0.6 is 0 Å². The van der Waals surface area contributed by atoms with Crippen molar-refractivity contribution in [3.8, 4) is 56.7 Å². The summed E-state index contributed by atoms with van der Waals surface area (Å²) in [6.07, 6.45) is 0. The van der Waals surface area contributed by atoms with Gasteiger partial charge in [0.05, 0.1) is 0 Å². The fourth-order valence-electron chi connectivity index (χ4n) is 8.44. The van der Waals surface area contributed by atoms with E-state index in [1.54, 1.807) is 0 Å². The molecule has 2 aromatic heterocycles. The van der Waals surface area contributed by atoms with Gasteiger partial charge in [-0.05, 0) is 68.1 Å². The molecule has 5 heteroatoms. The molecule has 0 aliphatic heterocycles. The van der Waals surface area contributed by atoms with E-state index in [9.17, 15) is 0 Å². The van der Waals surface area contributed by atoms with Crippen LogP contribution in [0.4, 0.5) is 0 Å². The first kappa shape index (κ1) is 30.6. The van der Waals surface area contributed by atoms with Gasteiger partial charge >= 0.3 is 0 Å². The minimum absolute atomic E-state index is 0.150. The number of aromatic nitrogens is 4. The normalized spacial score (nSPS) is 13.1. The molecule has 0 spiro atoms. The third-order valence-electron chi connectivity index (χ3n) is 11.2. The molecule has 0 saturated carbocycles. The topological polar surface area (TPSA) is 64.7 Å². The van der Waals surface area contributed by atoms with Crippen LogP contribution in [0.3, 0.4) is 0 Å². The maximum atomic E-state index is 6.48. The lowest BCUT2D eigenvalue weighted by Crippen LogP contribution is -2.15. The fourth-order valence-corrected chi connectivity index (χ4v) is 8.44. The van der Waals surface area contributed by atoms with Gasteiger partial charge in [-0.3, -0.25) is 0 Å². The molecule has 254 valence electrons. The highest BCUT2D eigenvalue weighted by Crippen LogP contribution is 2.49. The minimum atomic E-state index is -0.150. The van der Waals surface area contributed by atoms with Crippen molar-refractivity contribution in [1.29, 1.82) is 0 Å². The molecule has 0 atom stereocenters. The summed E-state index contributed by atoms with van der Waals surface area (Å²) in [5, 5.41) is 6.42. The highest BCUT2D eigenvalue weighted by Gasteiger charge is 2.35. The van der Waals surface area contributed by atoms with Crippen LogP contribution < -0.4 is 0 Å². The number of hydrogen-bond acceptors (Lipinski definition) is 5. The average Bonchev–Trinajstić information content (AvgIpc) is 3.78. The van der Waals surface area contributed by atoms with Crippen molar-refractivity contribution in [3.05, 3.63) is 169 Å². The second-order valence-corrected chi connectivity index (χ2v) is 14.6. The molecule has 0 bridgehead atoms. The Morgan fingerprint density at radius 1 is 0.407 bits per heavy atom. The number of benzene rings is 8. The summed E-state index contributed by atoms with van der Waals surface area (Å²) in [6.45, 7) is 4.60. The predicted molar refractivity (Wildman–Crippen MR) is 219 cm³/mol. The Morgan fingerprint density at radius 2 is 1.04 bits per heavy atom. The van der Waals surface area contributed by atoms with Crippen molar-refractivity contribution in [1.82, 2.24) is 19.9 Å². The van der Waals surface area contributed by atoms with E-state index in [4.69, 9.17) is 24.4 Å². The fraction of sp³-hybridized carbons (Fsp3) is 0.0612. The highest BCUT2D eigenvalue weighted by atomic mass is 16.3. The van der Waals surface area contributed by atoms with E-state index in [2.05, 4.69) is 135 Å². The lowest BCUT2D eigenvalue weighted by molar-refractivity contribution is 0.623. The maximum absolute atomic E-state index is 6.48. The van der Waals surface area contributed by atoms with Gasteiger partial charge < -0.3 is 4.42 Å². The van der Waals surface area contributed by atoms with Crippen molar-refractivity contribution in [2.75, 3.05) is 0 Å². The van der Waals surface area contributed by atoms with Gasteiger partial charge in [0, 0.05) is 38.4 Å². The Bertz CT molecular complexity index is 3140. The number of nitrogens with zero attached hydrogens (tertiary/aromatic N) is 4. The van der Waals surface area contributed by atoms with Crippen molar-refractivity contribution in [2.24, 2.45) is 0 Å². The Kier molecular flexibility index (Phi) is 6.53. The van der Waals surface area contributed by atoms with Crippen LogP contribution in [-0.4, -0.2) is 19.9 Å². The molecule has 2 heterocycles. The first-order valence-electron chi connectivity index (χ1n) is 18.3. The van der Waals surface area contributed by atoms with E-state index in [1.807, 2.05) is 36.4 Å². The second-order valence-electron chi connectivity index (χ2n) is 14.6. The maximum Gasteiger partial charge on any atom is 0.227 e. The molecule has 0 saturated heterocycles. The molecule has 0 radical (unpaired) electrons. The zero-order valence-corrected chi connectivity index (χ0v) is 29.7. The van der Waals surface area contributed by atoms with Gasteiger partial charge in [0.25, 0.3) is 0 Å². The van der Waals surface area contributed by atoms with Crippen molar-refractivity contribution >= 4 is 43.4 Å². The van der Waals surface area contributed by atoms with Crippen LogP contribution in [0.1, 0.15) is 25.0 Å². The zero-order chi connectivity index (χ0) is 36.0. The highest BCUT2D eigenvalue weighted by molar-refractivity contribution is 6.23. The predicted octanol–water partition coefficient (Wildman–Crippen LogP) is 12.4. The Labute approximate surface area is 311 Å². The molecular formula is C49H32N4O. The summed E-state index contributed by atoms with van der Waals surface area (Å²) in [5.74, 6) is 2.50. The van der Waals surface area contributed by atoms with Crippen LogP contribution in [0, 0.1) is 0 Å². The molecule has 0 unspecified atom stereocenters. The van der Waals surface area contributed by atoms with E-state index in [0.717, 1.165) is 65.7 Å². The quantitative estimate of drug-likeness (QED) is 0.172. The molecule has 0 fully saturated rings. The molecule has 5 nitrogen and oxygen atoms in total. The number of oxazole rings is 1. The summed E-state index contributed by atoms with van der Waals surface area (Å²) in [6, 6.07) is 55.0. The summed E-state index contributed by atoms with van der Waals surface area (Å²) in [4.78, 5) is 20.7. The smallest absolute Gasteiger partial charge is 0.227 e. The van der Waals surface area contributed by atoms with Crippen LogP contribution in [0.2, 0.25) is 0 Å². The molecular weight excluding hydrogens is 661 g/mol. The van der Waals surface area contributed by atoms with Crippen LogP contribution in [0.5, 0.6) is 0 Å². The third-order valence-corrected chi connectivity index (χ3v) is 11.2. The van der Waals surface area contributed by atoms with E-state index in [-0.39, 0.29) is 5.41 Å². The van der Waals surface area contributed by atoms with Gasteiger partial charge in [0.1, 0.15) is 5.52 Å². The van der Waals surface area contributed by atoms with Crippen molar-refractivity contribution < 1.29 is 4.42 Å². The molecule has 0 N–H and O–H groups in total. The van der Waals surface area contributed by atoms with Gasteiger partial charge in [-0.1, -0.05) is 147 Å². The summed E-state index contributed by atoms with van der Waals surface area (Å²) in [7, 11) is 0. The number of hydrogen-bond donors (Lipinski definition) is 0. The lowest BCUT2D eigenvalue weighted by atomic mass is 9.82. The van der Waals surface area contributed by atoms with Crippen LogP contribution in [-0.2, 0) is 5.41 Å². The molecule has 8 aromatic carbocycles. The SMILES string of the molecule is CC1(C)c2ccccc2-c2ccc(-c3nc(-c4ccc5c(c4)c4ccccc4c4oc(-c6ccccc6)nc54)nc(-c4cccc5ccccc45)n3)cc21. The standard InChI is InChI=1S/C49H32N4O/c1-49(2)41-22-11-10-19-35(41)36-25-23-32(28-42(36)49)46-51-45(52-47(53-46)39-21-12-16-29-13-6-7-17-33(29)39)31-24-26-37-40(27-31)34-18-8-9-20-38(34)44-43(37)50-48(54-44)30-14-4-3-5-15-30/h3-28H,1-2H3. The zero-order valence-electron chi connectivity index (χ0n) is 29.7. The molecule has 11 rings (SSSR count). The second kappa shape index (κ2) is 11.5. The first-order chi connectivity index (χ1) is 26.5. The van der Waals surface area contributed by atoms with E-state index >= 15 is 0 Å². The van der Waals surface area contributed by atoms with Crippen molar-refractivity contribution in [3.63, 3.8) is 0 Å². The van der Waals surface area contributed by atoms with E-state index in [0.29, 0.717) is 23.4 Å². The van der Waals surface area contributed by atoms with Gasteiger partial charge in [-0.2, -0.15) is 0 Å². The molecule has 1 aliphatic rings. The van der Waals surface area contributed by atoms with Crippen molar-refractivity contribution in [2.45, 2.75) is 19.3 Å². The Balaban J connectivity index is 1.14. The summed E-state index contributed by atoms with van der Waals surface area (Å²) in [5.41, 5.74) is 10.4. The Hall–Kier alpha value is -6.98.